The molecule has 4 heteroatoms. The van der Waals surface area contributed by atoms with Crippen molar-refractivity contribution in [2.75, 3.05) is 32.0 Å². The minimum Gasteiger partial charge on any atom is -0.399 e. The van der Waals surface area contributed by atoms with E-state index < -0.39 is 0 Å². The van der Waals surface area contributed by atoms with Crippen molar-refractivity contribution in [1.29, 1.82) is 0 Å². The summed E-state index contributed by atoms with van der Waals surface area (Å²) < 4.78 is 5.88. The summed E-state index contributed by atoms with van der Waals surface area (Å²) in [5.74, 6) is 0. The van der Waals surface area contributed by atoms with Gasteiger partial charge in [0.25, 0.3) is 0 Å². The van der Waals surface area contributed by atoms with Crippen molar-refractivity contribution < 1.29 is 9.53 Å². The van der Waals surface area contributed by atoms with Gasteiger partial charge < -0.3 is 15.3 Å². The van der Waals surface area contributed by atoms with Gasteiger partial charge in [-0.2, -0.15) is 0 Å². The quantitative estimate of drug-likeness (QED) is 0.545. The maximum atomic E-state index is 8.81. The molecule has 3 rings (SSSR count). The summed E-state index contributed by atoms with van der Waals surface area (Å²) in [6.07, 6.45) is 4.29. The lowest BCUT2D eigenvalue weighted by Crippen LogP contribution is -2.32. The Hall–Kier alpha value is -2.17. The molecule has 4 nitrogen and oxygen atoms in total. The average molecular weight is 383 g/mol. The van der Waals surface area contributed by atoms with E-state index in [0.717, 1.165) is 51.2 Å². The lowest BCUT2D eigenvalue weighted by molar-refractivity contribution is -0.106. The third kappa shape index (κ3) is 7.10. The molecule has 0 spiro atoms. The molecule has 1 heterocycles. The normalized spacial score (nSPS) is 19.1. The number of aldehydes is 1. The van der Waals surface area contributed by atoms with Crippen molar-refractivity contribution in [2.45, 2.75) is 39.7 Å². The Bertz CT molecular complexity index is 688. The Labute approximate surface area is 169 Å². The molecule has 0 bridgehead atoms. The van der Waals surface area contributed by atoms with E-state index in [1.165, 1.54) is 30.9 Å². The fourth-order valence-electron chi connectivity index (χ4n) is 3.81. The van der Waals surface area contributed by atoms with E-state index in [1.54, 1.807) is 0 Å². The summed E-state index contributed by atoms with van der Waals surface area (Å²) in [4.78, 5) is 11.4. The first-order chi connectivity index (χ1) is 13.6. The van der Waals surface area contributed by atoms with Crippen LogP contribution in [0.3, 0.4) is 0 Å². The molecule has 1 fully saturated rings. The van der Waals surface area contributed by atoms with Gasteiger partial charge in [0, 0.05) is 30.8 Å². The number of rotatable bonds is 8. The fourth-order valence-corrected chi connectivity index (χ4v) is 3.81. The van der Waals surface area contributed by atoms with Gasteiger partial charge in [-0.1, -0.05) is 42.5 Å². The first kappa shape index (κ1) is 22.1. The maximum absolute atomic E-state index is 8.81. The average Bonchev–Trinajstić information content (AvgIpc) is 3.11. The molecule has 1 atom stereocenters. The number of carbonyl (C=O) groups is 1. The zero-order valence-electron chi connectivity index (χ0n) is 17.3. The van der Waals surface area contributed by atoms with Crippen LogP contribution in [-0.4, -0.2) is 37.5 Å². The van der Waals surface area contributed by atoms with Gasteiger partial charge in [0.15, 0.2) is 0 Å². The number of nitrogens with two attached hydrogens (primary N) is 1. The number of aryl methyl sites for hydroxylation is 1. The van der Waals surface area contributed by atoms with Crippen molar-refractivity contribution in [3.63, 3.8) is 0 Å². The molecule has 152 valence electrons. The molecular weight excluding hydrogens is 348 g/mol. The lowest BCUT2D eigenvalue weighted by Gasteiger charge is -2.29. The molecule has 2 aromatic carbocycles. The molecule has 2 aromatic rings. The van der Waals surface area contributed by atoms with E-state index in [9.17, 15) is 0 Å². The minimum absolute atomic E-state index is 0.277. The molecule has 0 amide bonds. The number of ether oxygens (including phenoxy) is 1. The number of nitrogens with zero attached hydrogens (tertiary/aromatic N) is 1. The van der Waals surface area contributed by atoms with Crippen molar-refractivity contribution in [3.05, 3.63) is 65.7 Å². The number of benzene rings is 2. The van der Waals surface area contributed by atoms with Crippen molar-refractivity contribution in [2.24, 2.45) is 5.41 Å². The van der Waals surface area contributed by atoms with Gasteiger partial charge >= 0.3 is 0 Å². The van der Waals surface area contributed by atoms with E-state index in [4.69, 9.17) is 15.3 Å². The second-order valence-corrected chi connectivity index (χ2v) is 7.56. The number of hydrogen-bond donors (Lipinski definition) is 1. The third-order valence-electron chi connectivity index (χ3n) is 5.30. The molecule has 0 saturated carbocycles. The smallest absolute Gasteiger partial charge is 0.116 e. The van der Waals surface area contributed by atoms with Crippen LogP contribution in [0.2, 0.25) is 0 Å². The predicted octanol–water partition coefficient (Wildman–Crippen LogP) is 4.34. The molecule has 1 unspecified atom stereocenters. The molecule has 0 aliphatic carbocycles. The Morgan fingerprint density at radius 3 is 2.43 bits per heavy atom. The molecule has 28 heavy (non-hydrogen) atoms. The van der Waals surface area contributed by atoms with E-state index >= 15 is 0 Å². The Kier molecular flexibility index (Phi) is 9.18. The highest BCUT2D eigenvalue weighted by Crippen LogP contribution is 2.36. The maximum Gasteiger partial charge on any atom is 0.116 e. The van der Waals surface area contributed by atoms with Gasteiger partial charge in [-0.05, 0) is 62.9 Å². The molecule has 2 N–H and O–H groups in total. The van der Waals surface area contributed by atoms with E-state index in [1.807, 2.05) is 12.1 Å². The van der Waals surface area contributed by atoms with Gasteiger partial charge in [-0.3, -0.25) is 4.90 Å². The summed E-state index contributed by atoms with van der Waals surface area (Å²) in [6.45, 7) is 8.46. The number of carbonyl (C=O) groups excluding carboxylic acids is 1. The van der Waals surface area contributed by atoms with Crippen LogP contribution in [0.1, 0.15) is 37.8 Å². The first-order valence-electron chi connectivity index (χ1n) is 10.2. The van der Waals surface area contributed by atoms with Crippen LogP contribution in [0.15, 0.2) is 54.6 Å². The monoisotopic (exact) mass is 382 g/mol. The van der Waals surface area contributed by atoms with Gasteiger partial charge in [-0.25, -0.2) is 0 Å². The van der Waals surface area contributed by atoms with Crippen LogP contribution in [0.25, 0.3) is 0 Å². The van der Waals surface area contributed by atoms with E-state index in [2.05, 4.69) is 54.3 Å². The summed E-state index contributed by atoms with van der Waals surface area (Å²) >= 11 is 0. The molecular formula is C24H34N2O2. The highest BCUT2D eigenvalue weighted by Gasteiger charge is 2.37. The van der Waals surface area contributed by atoms with E-state index in [0.29, 0.717) is 0 Å². The van der Waals surface area contributed by atoms with Crippen molar-refractivity contribution in [1.82, 2.24) is 4.90 Å². The lowest BCUT2D eigenvalue weighted by atomic mass is 9.82. The Morgan fingerprint density at radius 2 is 1.79 bits per heavy atom. The SMILES string of the molecule is CC=O.CCOCC1(CCc2ccccc2)CCN(Cc2ccc(N)cc2)C1. The number of anilines is 1. The molecule has 1 aliphatic heterocycles. The van der Waals surface area contributed by atoms with Gasteiger partial charge in [0.1, 0.15) is 6.29 Å². The molecule has 0 radical (unpaired) electrons. The topological polar surface area (TPSA) is 55.6 Å². The summed E-state index contributed by atoms with van der Waals surface area (Å²) in [5.41, 5.74) is 9.67. The number of nitrogen functional groups attached to an aromatic ring is 1. The van der Waals surface area contributed by atoms with Crippen LogP contribution < -0.4 is 5.73 Å². The van der Waals surface area contributed by atoms with Crippen LogP contribution in [0.5, 0.6) is 0 Å². The molecule has 0 aromatic heterocycles. The standard InChI is InChI=1S/C22H30N2O.C2H4O/c1-2-25-18-22(13-12-19-6-4-3-5-7-19)14-15-24(17-22)16-20-8-10-21(23)11-9-20;1-2-3/h3-11H,2,12-18,23H2,1H3;2H,1H3. The first-order valence-corrected chi connectivity index (χ1v) is 10.2. The largest absolute Gasteiger partial charge is 0.399 e. The fraction of sp³-hybridized carbons (Fsp3) is 0.458. The van der Waals surface area contributed by atoms with Crippen LogP contribution >= 0.6 is 0 Å². The zero-order chi connectivity index (χ0) is 20.2. The van der Waals surface area contributed by atoms with Crippen LogP contribution in [0.4, 0.5) is 5.69 Å². The number of likely N-dealkylation sites (tertiary alicyclic amines) is 1. The Balaban J connectivity index is 0.000000878. The van der Waals surface area contributed by atoms with E-state index in [-0.39, 0.29) is 5.41 Å². The third-order valence-corrected chi connectivity index (χ3v) is 5.30. The van der Waals surface area contributed by atoms with Gasteiger partial charge in [0.05, 0.1) is 6.61 Å². The molecule has 1 saturated heterocycles. The molecule has 1 aliphatic rings. The Morgan fingerprint density at radius 1 is 1.11 bits per heavy atom. The van der Waals surface area contributed by atoms with Crippen LogP contribution in [0, 0.1) is 5.41 Å². The zero-order valence-corrected chi connectivity index (χ0v) is 17.3. The minimum atomic E-state index is 0.277. The van der Waals surface area contributed by atoms with Crippen molar-refractivity contribution >= 4 is 12.0 Å². The second-order valence-electron chi connectivity index (χ2n) is 7.56. The predicted molar refractivity (Wildman–Crippen MR) is 116 cm³/mol. The van der Waals surface area contributed by atoms with Crippen molar-refractivity contribution in [3.8, 4) is 0 Å². The second kappa shape index (κ2) is 11.6. The summed E-state index contributed by atoms with van der Waals surface area (Å²) in [6, 6.07) is 19.1. The number of hydrogen-bond acceptors (Lipinski definition) is 4. The van der Waals surface area contributed by atoms with Crippen LogP contribution in [-0.2, 0) is 22.5 Å². The summed E-state index contributed by atoms with van der Waals surface area (Å²) in [7, 11) is 0. The summed E-state index contributed by atoms with van der Waals surface area (Å²) in [5, 5.41) is 0. The van der Waals surface area contributed by atoms with Gasteiger partial charge in [0.2, 0.25) is 0 Å². The van der Waals surface area contributed by atoms with Gasteiger partial charge in [-0.15, -0.1) is 0 Å². The highest BCUT2D eigenvalue weighted by molar-refractivity contribution is 5.44. The highest BCUT2D eigenvalue weighted by atomic mass is 16.5.